The fourth-order valence-electron chi connectivity index (χ4n) is 2.64. The molecule has 0 aromatic carbocycles. The number of rotatable bonds is 6. The maximum atomic E-state index is 12.3. The van der Waals surface area contributed by atoms with Gasteiger partial charge < -0.3 is 10.0 Å². The Kier molecular flexibility index (Phi) is 5.77. The van der Waals surface area contributed by atoms with Crippen molar-refractivity contribution in [1.82, 2.24) is 9.71 Å². The molecule has 2 N–H and O–H groups in total. The lowest BCUT2D eigenvalue weighted by molar-refractivity contribution is 0.145. The first-order chi connectivity index (χ1) is 10.4. The third-order valence-corrected chi connectivity index (χ3v) is 5.47. The minimum atomic E-state index is -3.51. The summed E-state index contributed by atoms with van der Waals surface area (Å²) in [6.45, 7) is 5.37. The molecule has 1 saturated heterocycles. The van der Waals surface area contributed by atoms with Crippen LogP contribution in [0.5, 0.6) is 0 Å². The van der Waals surface area contributed by atoms with E-state index in [0.717, 1.165) is 44.6 Å². The molecule has 2 heterocycles. The third-order valence-electron chi connectivity index (χ3n) is 3.90. The lowest BCUT2D eigenvalue weighted by atomic mass is 10.1. The number of sulfonamides is 1. The summed E-state index contributed by atoms with van der Waals surface area (Å²) in [5.74, 6) is 0.757. The van der Waals surface area contributed by atoms with Gasteiger partial charge in [-0.3, -0.25) is 0 Å². The van der Waals surface area contributed by atoms with E-state index in [1.165, 1.54) is 6.20 Å². The number of aliphatic hydroxyl groups is 1. The van der Waals surface area contributed by atoms with Crippen LogP contribution in [0.2, 0.25) is 0 Å². The molecule has 0 radical (unpaired) electrons. The van der Waals surface area contributed by atoms with E-state index in [1.807, 2.05) is 13.8 Å². The van der Waals surface area contributed by atoms with Crippen LogP contribution < -0.4 is 9.62 Å². The van der Waals surface area contributed by atoms with Crippen LogP contribution in [0.4, 0.5) is 5.82 Å². The lowest BCUT2D eigenvalue weighted by Crippen LogP contribution is -2.36. The molecular formula is C15H25N3O3S. The zero-order valence-electron chi connectivity index (χ0n) is 13.2. The molecule has 1 aromatic heterocycles. The van der Waals surface area contributed by atoms with E-state index in [4.69, 9.17) is 0 Å². The highest BCUT2D eigenvalue weighted by Gasteiger charge is 2.20. The predicted molar refractivity (Wildman–Crippen MR) is 86.4 cm³/mol. The largest absolute Gasteiger partial charge is 0.393 e. The molecule has 1 aromatic rings. The maximum absolute atomic E-state index is 12.3. The van der Waals surface area contributed by atoms with Crippen molar-refractivity contribution in [3.63, 3.8) is 0 Å². The molecule has 0 amide bonds. The van der Waals surface area contributed by atoms with Crippen LogP contribution in [0.1, 0.15) is 39.5 Å². The van der Waals surface area contributed by atoms with Crippen molar-refractivity contribution in [1.29, 1.82) is 0 Å². The van der Waals surface area contributed by atoms with Crippen LogP contribution in [0.15, 0.2) is 23.2 Å². The fraction of sp³-hybridized carbons (Fsp3) is 0.667. The Hall–Kier alpha value is -1.18. The molecule has 1 atom stereocenters. The smallest absolute Gasteiger partial charge is 0.242 e. The molecule has 0 aliphatic carbocycles. The standard InChI is InChI=1S/C15H25N3O3S/c1-3-4-12(2)17-22(20,21)14-5-6-15(16-11-14)18-9-7-13(19)8-10-18/h5-6,11-13,17,19H,3-4,7-10H2,1-2H3/t12-/m0/s1. The van der Waals surface area contributed by atoms with Crippen molar-refractivity contribution in [3.8, 4) is 0 Å². The second-order valence-corrected chi connectivity index (χ2v) is 7.60. The molecule has 0 bridgehead atoms. The van der Waals surface area contributed by atoms with Crippen molar-refractivity contribution < 1.29 is 13.5 Å². The van der Waals surface area contributed by atoms with Crippen LogP contribution in [0.25, 0.3) is 0 Å². The first-order valence-electron chi connectivity index (χ1n) is 7.83. The van der Waals surface area contributed by atoms with E-state index in [2.05, 4.69) is 14.6 Å². The molecular weight excluding hydrogens is 302 g/mol. The zero-order chi connectivity index (χ0) is 16.2. The Labute approximate surface area is 132 Å². The van der Waals surface area contributed by atoms with Gasteiger partial charge in [0.2, 0.25) is 10.0 Å². The summed E-state index contributed by atoms with van der Waals surface area (Å²) in [5.41, 5.74) is 0. The molecule has 0 spiro atoms. The molecule has 7 heteroatoms. The molecule has 22 heavy (non-hydrogen) atoms. The number of hydrogen-bond donors (Lipinski definition) is 2. The number of nitrogens with zero attached hydrogens (tertiary/aromatic N) is 2. The molecule has 0 unspecified atom stereocenters. The Balaban J connectivity index is 2.05. The first-order valence-corrected chi connectivity index (χ1v) is 9.32. The van der Waals surface area contributed by atoms with Gasteiger partial charge in [-0.2, -0.15) is 0 Å². The summed E-state index contributed by atoms with van der Waals surface area (Å²) in [5, 5.41) is 9.52. The summed E-state index contributed by atoms with van der Waals surface area (Å²) in [4.78, 5) is 6.53. The summed E-state index contributed by atoms with van der Waals surface area (Å²) in [6.07, 6.45) is 4.35. The van der Waals surface area contributed by atoms with Gasteiger partial charge in [-0.15, -0.1) is 0 Å². The lowest BCUT2D eigenvalue weighted by Gasteiger charge is -2.30. The molecule has 0 saturated carbocycles. The number of nitrogens with one attached hydrogen (secondary N) is 1. The van der Waals surface area contributed by atoms with Gasteiger partial charge in [0.05, 0.1) is 6.10 Å². The second-order valence-electron chi connectivity index (χ2n) is 5.88. The van der Waals surface area contributed by atoms with E-state index in [0.29, 0.717) is 0 Å². The van der Waals surface area contributed by atoms with Crippen molar-refractivity contribution in [3.05, 3.63) is 18.3 Å². The molecule has 1 aliphatic rings. The number of hydrogen-bond acceptors (Lipinski definition) is 5. The minimum Gasteiger partial charge on any atom is -0.393 e. The SMILES string of the molecule is CCC[C@H](C)NS(=O)(=O)c1ccc(N2CCC(O)CC2)nc1. The van der Waals surface area contributed by atoms with E-state index in [9.17, 15) is 13.5 Å². The van der Waals surface area contributed by atoms with Gasteiger partial charge >= 0.3 is 0 Å². The van der Waals surface area contributed by atoms with E-state index in [1.54, 1.807) is 12.1 Å². The normalized spacial score (nSPS) is 18.4. The van der Waals surface area contributed by atoms with Crippen molar-refractivity contribution in [2.75, 3.05) is 18.0 Å². The van der Waals surface area contributed by atoms with Gasteiger partial charge in [0, 0.05) is 25.3 Å². The highest BCUT2D eigenvalue weighted by atomic mass is 32.2. The summed E-state index contributed by atoms with van der Waals surface area (Å²) in [6, 6.07) is 3.24. The first kappa shape index (κ1) is 17.2. The van der Waals surface area contributed by atoms with Gasteiger partial charge in [0.25, 0.3) is 0 Å². The average Bonchev–Trinajstić information content (AvgIpc) is 2.48. The maximum Gasteiger partial charge on any atom is 0.242 e. The summed E-state index contributed by atoms with van der Waals surface area (Å²) >= 11 is 0. The van der Waals surface area contributed by atoms with Crippen LogP contribution in [0.3, 0.4) is 0 Å². The van der Waals surface area contributed by atoms with Crippen LogP contribution >= 0.6 is 0 Å². The highest BCUT2D eigenvalue weighted by molar-refractivity contribution is 7.89. The fourth-order valence-corrected chi connectivity index (χ4v) is 3.86. The number of aliphatic hydroxyl groups excluding tert-OH is 1. The van der Waals surface area contributed by atoms with Gasteiger partial charge in [-0.1, -0.05) is 13.3 Å². The zero-order valence-corrected chi connectivity index (χ0v) is 14.0. The number of aromatic nitrogens is 1. The van der Waals surface area contributed by atoms with Gasteiger partial charge in [0.15, 0.2) is 0 Å². The quantitative estimate of drug-likeness (QED) is 0.827. The van der Waals surface area contributed by atoms with Gasteiger partial charge in [-0.05, 0) is 38.3 Å². The molecule has 2 rings (SSSR count). The van der Waals surface area contributed by atoms with Crippen LogP contribution in [0, 0.1) is 0 Å². The molecule has 1 fully saturated rings. The molecule has 6 nitrogen and oxygen atoms in total. The Morgan fingerprint density at radius 3 is 2.64 bits per heavy atom. The summed E-state index contributed by atoms with van der Waals surface area (Å²) < 4.78 is 27.2. The highest BCUT2D eigenvalue weighted by Crippen LogP contribution is 2.19. The van der Waals surface area contributed by atoms with Crippen molar-refractivity contribution >= 4 is 15.8 Å². The Bertz CT molecular complexity index is 566. The van der Waals surface area contributed by atoms with Gasteiger partial charge in [-0.25, -0.2) is 18.1 Å². The average molecular weight is 327 g/mol. The molecule has 1 aliphatic heterocycles. The topological polar surface area (TPSA) is 82.5 Å². The third kappa shape index (κ3) is 4.41. The number of piperidine rings is 1. The van der Waals surface area contributed by atoms with E-state index >= 15 is 0 Å². The van der Waals surface area contributed by atoms with Crippen molar-refractivity contribution in [2.45, 2.75) is 56.6 Å². The van der Waals surface area contributed by atoms with Gasteiger partial charge in [0.1, 0.15) is 10.7 Å². The van der Waals surface area contributed by atoms with E-state index < -0.39 is 10.0 Å². The monoisotopic (exact) mass is 327 g/mol. The van der Waals surface area contributed by atoms with Crippen molar-refractivity contribution in [2.24, 2.45) is 0 Å². The number of pyridine rings is 1. The van der Waals surface area contributed by atoms with Crippen LogP contribution in [-0.2, 0) is 10.0 Å². The van der Waals surface area contributed by atoms with Crippen LogP contribution in [-0.4, -0.2) is 43.7 Å². The second kappa shape index (κ2) is 7.39. The summed E-state index contributed by atoms with van der Waals surface area (Å²) in [7, 11) is -3.51. The predicted octanol–water partition coefficient (Wildman–Crippen LogP) is 1.51. The van der Waals surface area contributed by atoms with E-state index in [-0.39, 0.29) is 17.0 Å². The Morgan fingerprint density at radius 1 is 1.41 bits per heavy atom. The molecule has 124 valence electrons. The Morgan fingerprint density at radius 2 is 2.09 bits per heavy atom. The minimum absolute atomic E-state index is 0.0849. The number of anilines is 1.